The quantitative estimate of drug-likeness (QED) is 0.677. The van der Waals surface area contributed by atoms with Crippen LogP contribution in [0.15, 0.2) is 42.5 Å². The summed E-state index contributed by atoms with van der Waals surface area (Å²) in [5, 5.41) is 20.5. The van der Waals surface area contributed by atoms with E-state index >= 15 is 0 Å². The van der Waals surface area contributed by atoms with Gasteiger partial charge in [-0.3, -0.25) is 10.1 Å². The number of nitrogens with zero attached hydrogens (tertiary/aromatic N) is 1. The second-order valence-corrected chi connectivity index (χ2v) is 4.53. The number of benzene rings is 2. The van der Waals surface area contributed by atoms with Gasteiger partial charge in [-0.15, -0.1) is 0 Å². The maximum absolute atomic E-state index is 13.3. The number of hydrogen-bond acceptors (Lipinski definition) is 4. The molecule has 0 heterocycles. The normalized spacial score (nSPS) is 12.0. The Labute approximate surface area is 120 Å². The zero-order chi connectivity index (χ0) is 15.4. The van der Waals surface area contributed by atoms with Crippen molar-refractivity contribution in [1.82, 2.24) is 0 Å². The molecule has 0 spiro atoms. The highest BCUT2D eigenvalue weighted by Crippen LogP contribution is 2.28. The van der Waals surface area contributed by atoms with Gasteiger partial charge in [0.2, 0.25) is 0 Å². The van der Waals surface area contributed by atoms with Crippen molar-refractivity contribution in [3.8, 4) is 5.75 Å². The van der Waals surface area contributed by atoms with Crippen molar-refractivity contribution in [1.29, 1.82) is 0 Å². The molecule has 0 saturated carbocycles. The predicted molar refractivity (Wildman–Crippen MR) is 74.5 cm³/mol. The van der Waals surface area contributed by atoms with Crippen molar-refractivity contribution in [2.45, 2.75) is 19.6 Å². The topological polar surface area (TPSA) is 72.6 Å². The fourth-order valence-corrected chi connectivity index (χ4v) is 1.94. The van der Waals surface area contributed by atoms with Gasteiger partial charge in [0, 0.05) is 17.7 Å². The number of rotatable bonds is 5. The van der Waals surface area contributed by atoms with Crippen LogP contribution in [0.2, 0.25) is 0 Å². The monoisotopic (exact) mass is 291 g/mol. The van der Waals surface area contributed by atoms with Gasteiger partial charge in [-0.25, -0.2) is 4.39 Å². The molecule has 0 amide bonds. The highest BCUT2D eigenvalue weighted by molar-refractivity contribution is 5.40. The van der Waals surface area contributed by atoms with E-state index < -0.39 is 16.8 Å². The molecule has 21 heavy (non-hydrogen) atoms. The van der Waals surface area contributed by atoms with Gasteiger partial charge in [-0.1, -0.05) is 12.1 Å². The summed E-state index contributed by atoms with van der Waals surface area (Å²) in [7, 11) is 0. The van der Waals surface area contributed by atoms with E-state index in [1.54, 1.807) is 18.2 Å². The number of nitro benzene ring substituents is 1. The van der Waals surface area contributed by atoms with Crippen LogP contribution in [-0.2, 0) is 6.61 Å². The fourth-order valence-electron chi connectivity index (χ4n) is 1.94. The molecule has 0 bridgehead atoms. The van der Waals surface area contributed by atoms with E-state index in [-0.39, 0.29) is 18.0 Å². The predicted octanol–water partition coefficient (Wildman–Crippen LogP) is 3.37. The SMILES string of the molecule is C[C@H](O)c1ccc(F)cc1OCc1ccccc1[N+](=O)[O-]. The minimum absolute atomic E-state index is 0.0625. The second kappa shape index (κ2) is 6.32. The molecule has 2 aromatic rings. The summed E-state index contributed by atoms with van der Waals surface area (Å²) in [5.74, 6) is -0.333. The number of aliphatic hydroxyl groups is 1. The molecule has 0 unspecified atom stereocenters. The number of halogens is 1. The molecule has 1 N–H and O–H groups in total. The van der Waals surface area contributed by atoms with E-state index in [0.29, 0.717) is 11.1 Å². The Balaban J connectivity index is 2.24. The first-order valence-electron chi connectivity index (χ1n) is 6.31. The van der Waals surface area contributed by atoms with Crippen LogP contribution in [0.3, 0.4) is 0 Å². The van der Waals surface area contributed by atoms with E-state index in [1.807, 2.05) is 0 Å². The van der Waals surface area contributed by atoms with Crippen molar-refractivity contribution in [3.05, 3.63) is 69.5 Å². The summed E-state index contributed by atoms with van der Waals surface area (Å²) in [6.45, 7) is 1.45. The average Bonchev–Trinajstić information content (AvgIpc) is 2.45. The lowest BCUT2D eigenvalue weighted by atomic mass is 10.1. The minimum atomic E-state index is -0.827. The first kappa shape index (κ1) is 14.9. The van der Waals surface area contributed by atoms with Crippen LogP contribution in [0, 0.1) is 15.9 Å². The molecule has 0 aliphatic carbocycles. The van der Waals surface area contributed by atoms with E-state index in [1.165, 1.54) is 25.1 Å². The highest BCUT2D eigenvalue weighted by atomic mass is 19.1. The molecule has 0 aliphatic rings. The molecule has 0 fully saturated rings. The lowest BCUT2D eigenvalue weighted by Crippen LogP contribution is -2.03. The molecule has 0 aromatic heterocycles. The molecule has 0 saturated heterocycles. The largest absolute Gasteiger partial charge is 0.488 e. The van der Waals surface area contributed by atoms with Gasteiger partial charge >= 0.3 is 0 Å². The molecule has 5 nitrogen and oxygen atoms in total. The van der Waals surface area contributed by atoms with Gasteiger partial charge in [0.25, 0.3) is 5.69 Å². The van der Waals surface area contributed by atoms with Crippen LogP contribution in [0.4, 0.5) is 10.1 Å². The maximum Gasteiger partial charge on any atom is 0.276 e. The lowest BCUT2D eigenvalue weighted by Gasteiger charge is -2.13. The van der Waals surface area contributed by atoms with Crippen LogP contribution >= 0.6 is 0 Å². The summed E-state index contributed by atoms with van der Waals surface area (Å²) in [4.78, 5) is 10.4. The van der Waals surface area contributed by atoms with E-state index in [4.69, 9.17) is 4.74 Å². The van der Waals surface area contributed by atoms with E-state index in [9.17, 15) is 19.6 Å². The third kappa shape index (κ3) is 3.55. The third-order valence-corrected chi connectivity index (χ3v) is 3.00. The molecular formula is C15H14FNO4. The summed E-state index contributed by atoms with van der Waals surface area (Å²) < 4.78 is 18.7. The number of para-hydroxylation sites is 1. The number of hydrogen-bond donors (Lipinski definition) is 1. The lowest BCUT2D eigenvalue weighted by molar-refractivity contribution is -0.385. The van der Waals surface area contributed by atoms with Crippen LogP contribution < -0.4 is 4.74 Å². The van der Waals surface area contributed by atoms with Gasteiger partial charge in [-0.05, 0) is 25.1 Å². The Morgan fingerprint density at radius 1 is 1.33 bits per heavy atom. The summed E-state index contributed by atoms with van der Waals surface area (Å²) in [5.41, 5.74) is 0.741. The molecule has 2 aromatic carbocycles. The van der Waals surface area contributed by atoms with Gasteiger partial charge < -0.3 is 9.84 Å². The molecular weight excluding hydrogens is 277 g/mol. The van der Waals surface area contributed by atoms with Crippen molar-refractivity contribution < 1.29 is 19.2 Å². The van der Waals surface area contributed by atoms with Crippen molar-refractivity contribution >= 4 is 5.69 Å². The highest BCUT2D eigenvalue weighted by Gasteiger charge is 2.15. The Kier molecular flexibility index (Phi) is 4.49. The number of aliphatic hydroxyl groups excluding tert-OH is 1. The molecule has 0 aliphatic heterocycles. The first-order valence-corrected chi connectivity index (χ1v) is 6.31. The number of ether oxygens (including phenoxy) is 1. The van der Waals surface area contributed by atoms with Gasteiger partial charge in [0.05, 0.1) is 16.6 Å². The Morgan fingerprint density at radius 3 is 2.71 bits per heavy atom. The summed E-state index contributed by atoms with van der Waals surface area (Å²) in [6, 6.07) is 9.96. The third-order valence-electron chi connectivity index (χ3n) is 3.00. The van der Waals surface area contributed by atoms with Crippen LogP contribution in [-0.4, -0.2) is 10.0 Å². The van der Waals surface area contributed by atoms with Gasteiger partial charge in [0.15, 0.2) is 0 Å². The second-order valence-electron chi connectivity index (χ2n) is 4.53. The fraction of sp³-hybridized carbons (Fsp3) is 0.200. The summed E-state index contributed by atoms with van der Waals surface area (Å²) in [6.07, 6.45) is -0.827. The Hall–Kier alpha value is -2.47. The standard InChI is InChI=1S/C15H14FNO4/c1-10(18)13-7-6-12(16)8-15(13)21-9-11-4-2-3-5-14(11)17(19)20/h2-8,10,18H,9H2,1H3/t10-/m0/s1. The molecule has 2 rings (SSSR count). The maximum atomic E-state index is 13.3. The zero-order valence-electron chi connectivity index (χ0n) is 11.3. The molecule has 6 heteroatoms. The van der Waals surface area contributed by atoms with Crippen LogP contribution in [0.1, 0.15) is 24.2 Å². The van der Waals surface area contributed by atoms with Crippen molar-refractivity contribution in [3.63, 3.8) is 0 Å². The molecule has 0 radical (unpaired) electrons. The van der Waals surface area contributed by atoms with Crippen LogP contribution in [0.25, 0.3) is 0 Å². The smallest absolute Gasteiger partial charge is 0.276 e. The van der Waals surface area contributed by atoms with E-state index in [2.05, 4.69) is 0 Å². The minimum Gasteiger partial charge on any atom is -0.488 e. The zero-order valence-corrected chi connectivity index (χ0v) is 11.3. The Morgan fingerprint density at radius 2 is 2.05 bits per heavy atom. The van der Waals surface area contributed by atoms with Gasteiger partial charge in [0.1, 0.15) is 18.2 Å². The molecule has 110 valence electrons. The number of nitro groups is 1. The van der Waals surface area contributed by atoms with Crippen LogP contribution in [0.5, 0.6) is 5.75 Å². The van der Waals surface area contributed by atoms with Gasteiger partial charge in [-0.2, -0.15) is 0 Å². The van der Waals surface area contributed by atoms with Crippen molar-refractivity contribution in [2.75, 3.05) is 0 Å². The average molecular weight is 291 g/mol. The first-order chi connectivity index (χ1) is 9.99. The molecule has 1 atom stereocenters. The van der Waals surface area contributed by atoms with Crippen molar-refractivity contribution in [2.24, 2.45) is 0 Å². The summed E-state index contributed by atoms with van der Waals surface area (Å²) >= 11 is 0. The Bertz CT molecular complexity index is 658. The van der Waals surface area contributed by atoms with E-state index in [0.717, 1.165) is 6.07 Å².